The van der Waals surface area contributed by atoms with E-state index >= 15 is 0 Å². The summed E-state index contributed by atoms with van der Waals surface area (Å²) in [5.74, 6) is 2.53. The Kier molecular flexibility index (Phi) is 4.31. The first kappa shape index (κ1) is 15.0. The molecule has 0 spiro atoms. The van der Waals surface area contributed by atoms with E-state index < -0.39 is 0 Å². The van der Waals surface area contributed by atoms with Gasteiger partial charge in [0.2, 0.25) is 5.89 Å². The molecular weight excluding hydrogens is 264 g/mol. The zero-order valence-corrected chi connectivity index (χ0v) is 13.6. The summed E-state index contributed by atoms with van der Waals surface area (Å²) < 4.78 is 5.39. The molecule has 1 aromatic heterocycles. The lowest BCUT2D eigenvalue weighted by atomic mass is 9.96. The summed E-state index contributed by atoms with van der Waals surface area (Å²) in [5.41, 5.74) is -0.0402. The first-order valence-corrected chi connectivity index (χ1v) is 8.29. The van der Waals surface area contributed by atoms with E-state index in [2.05, 4.69) is 41.1 Å². The van der Waals surface area contributed by atoms with Crippen molar-refractivity contribution >= 4 is 0 Å². The normalized spacial score (nSPS) is 21.9. The average molecular weight is 292 g/mol. The number of nitrogens with zero attached hydrogens (tertiary/aromatic N) is 3. The molecule has 1 aliphatic heterocycles. The van der Waals surface area contributed by atoms with Gasteiger partial charge in [-0.3, -0.25) is 4.90 Å². The standard InChI is InChI=1S/C16H28N4O/c1-16(2,3)15-18-14(21-19-15)11-20-8-6-13(7-9-20)17-10-12-4-5-12/h12-13,17H,4-11H2,1-3H3. The van der Waals surface area contributed by atoms with Crippen molar-refractivity contribution in [2.75, 3.05) is 19.6 Å². The van der Waals surface area contributed by atoms with Crippen LogP contribution in [0.5, 0.6) is 0 Å². The number of aromatic nitrogens is 2. The maximum atomic E-state index is 5.39. The zero-order valence-electron chi connectivity index (χ0n) is 13.6. The zero-order chi connectivity index (χ0) is 14.9. The van der Waals surface area contributed by atoms with Crippen LogP contribution in [0.15, 0.2) is 4.52 Å². The van der Waals surface area contributed by atoms with E-state index in [0.717, 1.165) is 37.3 Å². The van der Waals surface area contributed by atoms with Gasteiger partial charge in [0.25, 0.3) is 0 Å². The van der Waals surface area contributed by atoms with Crippen LogP contribution in [0.2, 0.25) is 0 Å². The van der Waals surface area contributed by atoms with Crippen molar-refractivity contribution in [2.45, 2.75) is 64.5 Å². The Labute approximate surface area is 127 Å². The molecule has 1 aromatic rings. The molecule has 1 N–H and O–H groups in total. The SMILES string of the molecule is CC(C)(C)c1noc(CN2CCC(NCC3CC3)CC2)n1. The summed E-state index contributed by atoms with van der Waals surface area (Å²) in [7, 11) is 0. The third-order valence-electron chi connectivity index (χ3n) is 4.48. The highest BCUT2D eigenvalue weighted by molar-refractivity contribution is 5.00. The van der Waals surface area contributed by atoms with Crippen molar-refractivity contribution in [3.8, 4) is 0 Å². The molecule has 0 radical (unpaired) electrons. The van der Waals surface area contributed by atoms with Gasteiger partial charge >= 0.3 is 0 Å². The maximum absolute atomic E-state index is 5.39. The molecule has 0 amide bonds. The minimum atomic E-state index is -0.0402. The molecule has 21 heavy (non-hydrogen) atoms. The van der Waals surface area contributed by atoms with E-state index in [1.54, 1.807) is 0 Å². The van der Waals surface area contributed by atoms with Gasteiger partial charge < -0.3 is 9.84 Å². The van der Waals surface area contributed by atoms with Crippen LogP contribution in [0.25, 0.3) is 0 Å². The molecule has 1 saturated carbocycles. The number of hydrogen-bond acceptors (Lipinski definition) is 5. The number of piperidine rings is 1. The number of likely N-dealkylation sites (tertiary alicyclic amines) is 1. The van der Waals surface area contributed by atoms with E-state index in [4.69, 9.17) is 4.52 Å². The van der Waals surface area contributed by atoms with Gasteiger partial charge in [0.1, 0.15) is 0 Å². The minimum absolute atomic E-state index is 0.0402. The average Bonchev–Trinajstić information content (AvgIpc) is 3.14. The van der Waals surface area contributed by atoms with Gasteiger partial charge in [0.15, 0.2) is 5.82 Å². The van der Waals surface area contributed by atoms with Gasteiger partial charge in [-0.15, -0.1) is 0 Å². The lowest BCUT2D eigenvalue weighted by Crippen LogP contribution is -2.42. The monoisotopic (exact) mass is 292 g/mol. The van der Waals surface area contributed by atoms with E-state index in [9.17, 15) is 0 Å². The molecule has 1 aliphatic carbocycles. The molecule has 5 heteroatoms. The van der Waals surface area contributed by atoms with Crippen LogP contribution in [0.1, 0.15) is 58.2 Å². The minimum Gasteiger partial charge on any atom is -0.338 e. The molecule has 0 aromatic carbocycles. The first-order chi connectivity index (χ1) is 10.0. The molecule has 0 unspecified atom stereocenters. The number of hydrogen-bond donors (Lipinski definition) is 1. The van der Waals surface area contributed by atoms with Crippen LogP contribution in [0.4, 0.5) is 0 Å². The van der Waals surface area contributed by atoms with E-state index in [0.29, 0.717) is 6.04 Å². The predicted molar refractivity (Wildman–Crippen MR) is 82.0 cm³/mol. The highest BCUT2D eigenvalue weighted by Gasteiger charge is 2.26. The second kappa shape index (κ2) is 6.05. The molecule has 2 heterocycles. The molecule has 3 rings (SSSR count). The molecule has 0 bridgehead atoms. The quantitative estimate of drug-likeness (QED) is 0.902. The number of nitrogens with one attached hydrogen (secondary N) is 1. The van der Waals surface area contributed by atoms with Gasteiger partial charge in [-0.2, -0.15) is 4.98 Å². The van der Waals surface area contributed by atoms with Gasteiger partial charge in [0.05, 0.1) is 6.54 Å². The summed E-state index contributed by atoms with van der Waals surface area (Å²) in [4.78, 5) is 6.95. The van der Waals surface area contributed by atoms with Crippen molar-refractivity contribution < 1.29 is 4.52 Å². The molecule has 1 saturated heterocycles. The van der Waals surface area contributed by atoms with Crippen LogP contribution < -0.4 is 5.32 Å². The van der Waals surface area contributed by atoms with Gasteiger partial charge in [0, 0.05) is 24.5 Å². The Morgan fingerprint density at radius 1 is 1.19 bits per heavy atom. The summed E-state index contributed by atoms with van der Waals surface area (Å²) >= 11 is 0. The molecule has 118 valence electrons. The third kappa shape index (κ3) is 4.27. The maximum Gasteiger partial charge on any atom is 0.240 e. The highest BCUT2D eigenvalue weighted by atomic mass is 16.5. The largest absolute Gasteiger partial charge is 0.338 e. The number of rotatable bonds is 5. The summed E-state index contributed by atoms with van der Waals surface area (Å²) in [5, 5.41) is 7.81. The second-order valence-corrected chi connectivity index (χ2v) is 7.66. The first-order valence-electron chi connectivity index (χ1n) is 8.29. The summed E-state index contributed by atoms with van der Waals surface area (Å²) in [6, 6.07) is 0.703. The summed E-state index contributed by atoms with van der Waals surface area (Å²) in [6.07, 6.45) is 5.32. The summed E-state index contributed by atoms with van der Waals surface area (Å²) in [6.45, 7) is 10.6. The van der Waals surface area contributed by atoms with Crippen LogP contribution >= 0.6 is 0 Å². The topological polar surface area (TPSA) is 54.2 Å². The molecule has 0 atom stereocenters. The molecule has 2 fully saturated rings. The smallest absolute Gasteiger partial charge is 0.240 e. The van der Waals surface area contributed by atoms with Crippen molar-refractivity contribution in [2.24, 2.45) is 5.92 Å². The lowest BCUT2D eigenvalue weighted by Gasteiger charge is -2.31. The molecule has 2 aliphatic rings. The Morgan fingerprint density at radius 2 is 1.90 bits per heavy atom. The Bertz CT molecular complexity index is 453. The Morgan fingerprint density at radius 3 is 2.48 bits per heavy atom. The van der Waals surface area contributed by atoms with Crippen LogP contribution in [0, 0.1) is 5.92 Å². The highest BCUT2D eigenvalue weighted by Crippen LogP contribution is 2.28. The third-order valence-corrected chi connectivity index (χ3v) is 4.48. The van der Waals surface area contributed by atoms with Crippen molar-refractivity contribution in [3.05, 3.63) is 11.7 Å². The molecular formula is C16H28N4O. The fraction of sp³-hybridized carbons (Fsp3) is 0.875. The fourth-order valence-electron chi connectivity index (χ4n) is 2.77. The lowest BCUT2D eigenvalue weighted by molar-refractivity contribution is 0.170. The van der Waals surface area contributed by atoms with Gasteiger partial charge in [-0.1, -0.05) is 25.9 Å². The van der Waals surface area contributed by atoms with Crippen LogP contribution in [0.3, 0.4) is 0 Å². The van der Waals surface area contributed by atoms with E-state index in [-0.39, 0.29) is 5.41 Å². The van der Waals surface area contributed by atoms with E-state index in [1.807, 2.05) is 0 Å². The van der Waals surface area contributed by atoms with Crippen molar-refractivity contribution in [3.63, 3.8) is 0 Å². The Balaban J connectivity index is 1.43. The van der Waals surface area contributed by atoms with Gasteiger partial charge in [-0.05, 0) is 38.1 Å². The second-order valence-electron chi connectivity index (χ2n) is 7.66. The van der Waals surface area contributed by atoms with Crippen LogP contribution in [-0.2, 0) is 12.0 Å². The van der Waals surface area contributed by atoms with Crippen molar-refractivity contribution in [1.29, 1.82) is 0 Å². The molecule has 5 nitrogen and oxygen atoms in total. The van der Waals surface area contributed by atoms with Crippen LogP contribution in [-0.4, -0.2) is 40.7 Å². The predicted octanol–water partition coefficient (Wildman–Crippen LogP) is 2.33. The Hall–Kier alpha value is -0.940. The van der Waals surface area contributed by atoms with Gasteiger partial charge in [-0.25, -0.2) is 0 Å². The van der Waals surface area contributed by atoms with Crippen molar-refractivity contribution in [1.82, 2.24) is 20.4 Å². The fourth-order valence-corrected chi connectivity index (χ4v) is 2.77. The van der Waals surface area contributed by atoms with E-state index in [1.165, 1.54) is 32.2 Å².